The van der Waals surface area contributed by atoms with Crippen molar-refractivity contribution in [1.82, 2.24) is 16.0 Å². The largest absolute Gasteiger partial charge is 0.457 e. The van der Waals surface area contributed by atoms with E-state index in [1.807, 2.05) is 74.5 Å². The predicted octanol–water partition coefficient (Wildman–Crippen LogP) is 4.24. The number of Topliss-reactive ketones (excluding diaryl/α,β-unsaturated/α-hetero) is 1. The molecule has 9 heteroatoms. The van der Waals surface area contributed by atoms with Crippen LogP contribution in [-0.2, 0) is 20.9 Å². The normalized spacial score (nSPS) is 11.3. The van der Waals surface area contributed by atoms with Crippen LogP contribution in [0.1, 0.15) is 36.2 Å². The maximum absolute atomic E-state index is 12.7. The highest BCUT2D eigenvalue weighted by molar-refractivity contribution is 5.98. The van der Waals surface area contributed by atoms with Crippen molar-refractivity contribution >= 4 is 23.7 Å². The van der Waals surface area contributed by atoms with Crippen molar-refractivity contribution in [1.29, 1.82) is 0 Å². The van der Waals surface area contributed by atoms with Crippen LogP contribution in [0.15, 0.2) is 84.9 Å². The lowest BCUT2D eigenvalue weighted by molar-refractivity contribution is -0.126. The summed E-state index contributed by atoms with van der Waals surface area (Å²) in [6, 6.07) is 24.1. The summed E-state index contributed by atoms with van der Waals surface area (Å²) in [6.07, 6.45) is -0.361. The molecular formula is C30H33N3O6. The molecule has 9 nitrogen and oxygen atoms in total. The van der Waals surface area contributed by atoms with Gasteiger partial charge in [-0.1, -0.05) is 62.4 Å². The Labute approximate surface area is 227 Å². The quantitative estimate of drug-likeness (QED) is 0.303. The van der Waals surface area contributed by atoms with Crippen molar-refractivity contribution in [2.75, 3.05) is 13.1 Å². The number of alkyl carbamates (subject to hydrolysis) is 1. The van der Waals surface area contributed by atoms with Crippen LogP contribution in [-0.4, -0.2) is 42.8 Å². The Bertz CT molecular complexity index is 1230. The van der Waals surface area contributed by atoms with Crippen molar-refractivity contribution in [3.63, 3.8) is 0 Å². The van der Waals surface area contributed by atoms with E-state index in [0.29, 0.717) is 23.5 Å². The highest BCUT2D eigenvalue weighted by Crippen LogP contribution is 2.21. The number of ketones is 1. The van der Waals surface area contributed by atoms with E-state index in [2.05, 4.69) is 16.0 Å². The molecule has 0 saturated carbocycles. The average Bonchev–Trinajstić information content (AvgIpc) is 2.94. The van der Waals surface area contributed by atoms with Crippen molar-refractivity contribution in [2.45, 2.75) is 32.9 Å². The molecule has 0 saturated heterocycles. The van der Waals surface area contributed by atoms with Gasteiger partial charge in [-0.2, -0.15) is 0 Å². The maximum Gasteiger partial charge on any atom is 0.408 e. The molecule has 204 valence electrons. The second-order valence-electron chi connectivity index (χ2n) is 9.27. The summed E-state index contributed by atoms with van der Waals surface area (Å²) in [7, 11) is 0. The Morgan fingerprint density at radius 2 is 1.33 bits per heavy atom. The molecular weight excluding hydrogens is 498 g/mol. The van der Waals surface area contributed by atoms with Crippen LogP contribution in [0.4, 0.5) is 4.79 Å². The van der Waals surface area contributed by atoms with E-state index in [-0.39, 0.29) is 25.6 Å². The lowest BCUT2D eigenvalue weighted by Crippen LogP contribution is -2.49. The van der Waals surface area contributed by atoms with Gasteiger partial charge < -0.3 is 25.4 Å². The molecule has 3 amide bonds. The third kappa shape index (κ3) is 10.3. The summed E-state index contributed by atoms with van der Waals surface area (Å²) in [5, 5.41) is 7.65. The summed E-state index contributed by atoms with van der Waals surface area (Å²) in [5.41, 5.74) is 1.18. The number of amides is 3. The zero-order valence-corrected chi connectivity index (χ0v) is 22.0. The number of nitrogens with one attached hydrogen (secondary N) is 3. The molecule has 0 aliphatic heterocycles. The minimum atomic E-state index is -0.868. The van der Waals surface area contributed by atoms with E-state index in [9.17, 15) is 19.2 Å². The summed E-state index contributed by atoms with van der Waals surface area (Å²) in [6.45, 7) is 3.35. The smallest absolute Gasteiger partial charge is 0.408 e. The van der Waals surface area contributed by atoms with E-state index in [4.69, 9.17) is 9.47 Å². The first-order valence-corrected chi connectivity index (χ1v) is 12.7. The second-order valence-corrected chi connectivity index (χ2v) is 9.27. The molecule has 39 heavy (non-hydrogen) atoms. The molecule has 1 atom stereocenters. The SMILES string of the molecule is CC(C)C[C@H](NC(=O)OCc1ccccc1)C(=O)NCC(=O)CNC(=O)c1ccc(Oc2ccccc2)cc1. The molecule has 0 aromatic heterocycles. The lowest BCUT2D eigenvalue weighted by atomic mass is 10.0. The summed E-state index contributed by atoms with van der Waals surface area (Å²) >= 11 is 0. The number of benzene rings is 3. The Balaban J connectivity index is 1.41. The summed E-state index contributed by atoms with van der Waals surface area (Å²) < 4.78 is 10.9. The van der Waals surface area contributed by atoms with Gasteiger partial charge in [-0.25, -0.2) is 4.79 Å². The average molecular weight is 532 g/mol. The minimum Gasteiger partial charge on any atom is -0.457 e. The van der Waals surface area contributed by atoms with Crippen molar-refractivity contribution in [3.05, 3.63) is 96.1 Å². The first-order valence-electron chi connectivity index (χ1n) is 12.7. The van der Waals surface area contributed by atoms with Crippen LogP contribution in [0, 0.1) is 5.92 Å². The number of hydrogen-bond donors (Lipinski definition) is 3. The molecule has 3 rings (SSSR count). The molecule has 0 aliphatic rings. The third-order valence-corrected chi connectivity index (χ3v) is 5.53. The molecule has 0 fully saturated rings. The van der Waals surface area contributed by atoms with Gasteiger partial charge in [0.15, 0.2) is 5.78 Å². The molecule has 3 aromatic carbocycles. The molecule has 3 N–H and O–H groups in total. The zero-order valence-electron chi connectivity index (χ0n) is 22.0. The van der Waals surface area contributed by atoms with E-state index in [0.717, 1.165) is 5.56 Å². The van der Waals surface area contributed by atoms with Gasteiger partial charge in [0.25, 0.3) is 5.91 Å². The van der Waals surface area contributed by atoms with Crippen LogP contribution in [0.5, 0.6) is 11.5 Å². The number of ether oxygens (including phenoxy) is 2. The Hall–Kier alpha value is -4.66. The van der Waals surface area contributed by atoms with Crippen molar-refractivity contribution in [2.24, 2.45) is 5.92 Å². The maximum atomic E-state index is 12.7. The fourth-order valence-electron chi connectivity index (χ4n) is 3.56. The lowest BCUT2D eigenvalue weighted by Gasteiger charge is -2.20. The predicted molar refractivity (Wildman–Crippen MR) is 146 cm³/mol. The zero-order chi connectivity index (χ0) is 28.0. The fraction of sp³-hybridized carbons (Fsp3) is 0.267. The van der Waals surface area contributed by atoms with Gasteiger partial charge in [-0.3, -0.25) is 14.4 Å². The van der Waals surface area contributed by atoms with Gasteiger partial charge in [-0.05, 0) is 54.3 Å². The first-order chi connectivity index (χ1) is 18.8. The van der Waals surface area contributed by atoms with Crippen LogP contribution >= 0.6 is 0 Å². The van der Waals surface area contributed by atoms with E-state index < -0.39 is 29.7 Å². The van der Waals surface area contributed by atoms with E-state index in [1.54, 1.807) is 24.3 Å². The summed E-state index contributed by atoms with van der Waals surface area (Å²) in [5.74, 6) is 0.0307. The van der Waals surface area contributed by atoms with Crippen LogP contribution in [0.2, 0.25) is 0 Å². The first kappa shape index (κ1) is 28.9. The molecule has 0 radical (unpaired) electrons. The highest BCUT2D eigenvalue weighted by atomic mass is 16.5. The molecule has 0 bridgehead atoms. The Kier molecular flexibility index (Phi) is 11.1. The number of para-hydroxylation sites is 1. The van der Waals surface area contributed by atoms with Gasteiger partial charge >= 0.3 is 6.09 Å². The van der Waals surface area contributed by atoms with Crippen LogP contribution in [0.25, 0.3) is 0 Å². The van der Waals surface area contributed by atoms with Gasteiger partial charge in [-0.15, -0.1) is 0 Å². The van der Waals surface area contributed by atoms with E-state index in [1.165, 1.54) is 0 Å². The van der Waals surface area contributed by atoms with Crippen molar-refractivity contribution in [3.8, 4) is 11.5 Å². The Morgan fingerprint density at radius 1 is 0.744 bits per heavy atom. The minimum absolute atomic E-state index is 0.0731. The standard InChI is InChI=1S/C30H33N3O6/c1-21(2)17-27(33-30(37)38-20-22-9-5-3-6-10-22)29(36)32-19-24(34)18-31-28(35)23-13-15-26(16-14-23)39-25-11-7-4-8-12-25/h3-16,21,27H,17-20H2,1-2H3,(H,31,35)(H,32,36)(H,33,37)/t27-/m0/s1. The number of rotatable bonds is 13. The topological polar surface area (TPSA) is 123 Å². The van der Waals surface area contributed by atoms with Crippen LogP contribution < -0.4 is 20.7 Å². The van der Waals surface area contributed by atoms with Gasteiger partial charge in [0.2, 0.25) is 5.91 Å². The van der Waals surface area contributed by atoms with E-state index >= 15 is 0 Å². The van der Waals surface area contributed by atoms with Gasteiger partial charge in [0.05, 0.1) is 13.1 Å². The summed E-state index contributed by atoms with van der Waals surface area (Å²) in [4.78, 5) is 49.6. The second kappa shape index (κ2) is 14.9. The number of hydrogen-bond acceptors (Lipinski definition) is 6. The Morgan fingerprint density at radius 3 is 1.97 bits per heavy atom. The number of carbonyl (C=O) groups excluding carboxylic acids is 4. The molecule has 0 unspecified atom stereocenters. The highest BCUT2D eigenvalue weighted by Gasteiger charge is 2.23. The van der Waals surface area contributed by atoms with Gasteiger partial charge in [0, 0.05) is 5.56 Å². The third-order valence-electron chi connectivity index (χ3n) is 5.53. The molecule has 0 spiro atoms. The molecule has 0 aliphatic carbocycles. The molecule has 0 heterocycles. The number of carbonyl (C=O) groups is 4. The monoisotopic (exact) mass is 531 g/mol. The van der Waals surface area contributed by atoms with Crippen LogP contribution in [0.3, 0.4) is 0 Å². The van der Waals surface area contributed by atoms with Gasteiger partial charge in [0.1, 0.15) is 24.1 Å². The van der Waals surface area contributed by atoms with Crippen molar-refractivity contribution < 1.29 is 28.7 Å². The fourth-order valence-corrected chi connectivity index (χ4v) is 3.56. The molecule has 3 aromatic rings.